The molecule has 3 nitrogen and oxygen atoms in total. The molecule has 0 spiro atoms. The molecule has 0 heterocycles. The van der Waals surface area contributed by atoms with Gasteiger partial charge in [-0.15, -0.1) is 12.4 Å². The van der Waals surface area contributed by atoms with Crippen molar-refractivity contribution in [3.8, 4) is 0 Å². The summed E-state index contributed by atoms with van der Waals surface area (Å²) in [4.78, 5) is 11.7. The first-order valence-electron chi connectivity index (χ1n) is 4.50. The Bertz CT molecular complexity index is 376. The molecule has 0 aliphatic rings. The van der Waals surface area contributed by atoms with E-state index in [1.165, 1.54) is 18.2 Å². The Kier molecular flexibility index (Phi) is 6.85. The molecule has 1 atom stereocenters. The highest BCUT2D eigenvalue weighted by Crippen LogP contribution is 2.13. The van der Waals surface area contributed by atoms with Gasteiger partial charge in [-0.05, 0) is 47.7 Å². The lowest BCUT2D eigenvalue weighted by atomic mass is 10.2. The summed E-state index contributed by atoms with van der Waals surface area (Å²) in [5, 5.41) is 2.71. The zero-order valence-electron chi connectivity index (χ0n) is 8.67. The number of benzene rings is 1. The minimum Gasteiger partial charge on any atom is -0.348 e. The van der Waals surface area contributed by atoms with Gasteiger partial charge >= 0.3 is 0 Å². The highest BCUT2D eigenvalue weighted by Gasteiger charge is 2.12. The highest BCUT2D eigenvalue weighted by molar-refractivity contribution is 14.1. The maximum Gasteiger partial charge on any atom is 0.252 e. The van der Waals surface area contributed by atoms with Crippen LogP contribution in [0.25, 0.3) is 0 Å². The van der Waals surface area contributed by atoms with Gasteiger partial charge in [0.15, 0.2) is 0 Å². The highest BCUT2D eigenvalue weighted by atomic mass is 127. The first-order valence-corrected chi connectivity index (χ1v) is 5.58. The molecule has 0 aliphatic heterocycles. The van der Waals surface area contributed by atoms with Crippen LogP contribution in [0.3, 0.4) is 0 Å². The van der Waals surface area contributed by atoms with Gasteiger partial charge in [0, 0.05) is 16.2 Å². The van der Waals surface area contributed by atoms with Crippen molar-refractivity contribution >= 4 is 40.9 Å². The summed E-state index contributed by atoms with van der Waals surface area (Å²) in [7, 11) is 0. The van der Waals surface area contributed by atoms with Crippen LogP contribution in [0.5, 0.6) is 0 Å². The second-order valence-electron chi connectivity index (χ2n) is 3.23. The second-order valence-corrected chi connectivity index (χ2v) is 4.40. The molecule has 1 rings (SSSR count). The molecule has 1 amide bonds. The molecular weight excluding hydrogens is 345 g/mol. The fourth-order valence-electron chi connectivity index (χ4n) is 1.03. The lowest BCUT2D eigenvalue weighted by molar-refractivity contribution is 0.0940. The molecule has 0 saturated heterocycles. The van der Waals surface area contributed by atoms with E-state index in [1.54, 1.807) is 0 Å². The third kappa shape index (κ3) is 4.23. The Morgan fingerprint density at radius 1 is 1.62 bits per heavy atom. The molecule has 16 heavy (non-hydrogen) atoms. The topological polar surface area (TPSA) is 55.1 Å². The number of hydrogen-bond donors (Lipinski definition) is 2. The smallest absolute Gasteiger partial charge is 0.252 e. The van der Waals surface area contributed by atoms with E-state index in [9.17, 15) is 9.18 Å². The van der Waals surface area contributed by atoms with Crippen LogP contribution in [0.15, 0.2) is 18.2 Å². The monoisotopic (exact) mass is 358 g/mol. The van der Waals surface area contributed by atoms with Crippen LogP contribution in [0, 0.1) is 9.39 Å². The van der Waals surface area contributed by atoms with Crippen molar-refractivity contribution in [3.63, 3.8) is 0 Å². The SMILES string of the molecule is C[C@@H](CN)NC(=O)c1ccc(F)cc1I.Cl. The largest absolute Gasteiger partial charge is 0.348 e. The van der Waals surface area contributed by atoms with Gasteiger partial charge in [-0.3, -0.25) is 4.79 Å². The quantitative estimate of drug-likeness (QED) is 0.811. The van der Waals surface area contributed by atoms with E-state index in [0.717, 1.165) is 0 Å². The van der Waals surface area contributed by atoms with Crippen molar-refractivity contribution in [2.24, 2.45) is 5.73 Å². The summed E-state index contributed by atoms with van der Waals surface area (Å²) >= 11 is 1.93. The van der Waals surface area contributed by atoms with Gasteiger partial charge in [0.05, 0.1) is 5.56 Å². The van der Waals surface area contributed by atoms with E-state index < -0.39 is 0 Å². The predicted molar refractivity (Wildman–Crippen MR) is 72.3 cm³/mol. The van der Waals surface area contributed by atoms with E-state index >= 15 is 0 Å². The van der Waals surface area contributed by atoms with Crippen LogP contribution in [-0.4, -0.2) is 18.5 Å². The number of rotatable bonds is 3. The first-order chi connectivity index (χ1) is 7.04. The Morgan fingerprint density at radius 2 is 2.25 bits per heavy atom. The molecule has 6 heteroatoms. The summed E-state index contributed by atoms with van der Waals surface area (Å²) in [6, 6.07) is 3.97. The van der Waals surface area contributed by atoms with Gasteiger partial charge in [0.2, 0.25) is 0 Å². The summed E-state index contributed by atoms with van der Waals surface area (Å²) in [5.74, 6) is -0.569. The minimum atomic E-state index is -0.345. The van der Waals surface area contributed by atoms with Gasteiger partial charge in [0.25, 0.3) is 5.91 Å². The lowest BCUT2D eigenvalue weighted by Gasteiger charge is -2.12. The molecular formula is C10H13ClFIN2O. The second kappa shape index (κ2) is 7.03. The number of hydrogen-bond acceptors (Lipinski definition) is 2. The van der Waals surface area contributed by atoms with Crippen molar-refractivity contribution in [1.82, 2.24) is 5.32 Å². The maximum absolute atomic E-state index is 12.8. The molecule has 3 N–H and O–H groups in total. The number of nitrogens with two attached hydrogens (primary N) is 1. The Morgan fingerprint density at radius 3 is 2.75 bits per heavy atom. The van der Waals surface area contributed by atoms with Gasteiger partial charge in [-0.25, -0.2) is 4.39 Å². The van der Waals surface area contributed by atoms with Gasteiger partial charge in [-0.1, -0.05) is 0 Å². The average Bonchev–Trinajstić information content (AvgIpc) is 2.17. The fourth-order valence-corrected chi connectivity index (χ4v) is 1.76. The molecule has 1 aromatic rings. The van der Waals surface area contributed by atoms with Gasteiger partial charge in [-0.2, -0.15) is 0 Å². The summed E-state index contributed by atoms with van der Waals surface area (Å²) < 4.78 is 13.4. The molecule has 0 unspecified atom stereocenters. The lowest BCUT2D eigenvalue weighted by Crippen LogP contribution is -2.38. The molecule has 90 valence electrons. The fraction of sp³-hybridized carbons (Fsp3) is 0.300. The molecule has 0 bridgehead atoms. The predicted octanol–water partition coefficient (Wildman–Crippen LogP) is 1.93. The van der Waals surface area contributed by atoms with E-state index in [-0.39, 0.29) is 30.2 Å². The number of amides is 1. The number of carbonyl (C=O) groups excluding carboxylic acids is 1. The Balaban J connectivity index is 0.00000225. The van der Waals surface area contributed by atoms with Gasteiger partial charge in [0.1, 0.15) is 5.82 Å². The average molecular weight is 359 g/mol. The molecule has 0 saturated carbocycles. The zero-order valence-corrected chi connectivity index (χ0v) is 11.6. The van der Waals surface area contributed by atoms with E-state index in [4.69, 9.17) is 5.73 Å². The minimum absolute atomic E-state index is 0. The van der Waals surface area contributed by atoms with Gasteiger partial charge < -0.3 is 11.1 Å². The van der Waals surface area contributed by atoms with Crippen LogP contribution >= 0.6 is 35.0 Å². The summed E-state index contributed by atoms with van der Waals surface area (Å²) in [6.45, 7) is 2.19. The van der Waals surface area contributed by atoms with Crippen LogP contribution in [0.1, 0.15) is 17.3 Å². The third-order valence-corrected chi connectivity index (χ3v) is 2.80. The van der Waals surface area contributed by atoms with Crippen LogP contribution in [0.2, 0.25) is 0 Å². The normalized spacial score (nSPS) is 11.5. The summed E-state index contributed by atoms with van der Waals surface area (Å²) in [5.41, 5.74) is 5.85. The number of carbonyl (C=O) groups is 1. The molecule has 0 aliphatic carbocycles. The van der Waals surface area contributed by atoms with Crippen LogP contribution < -0.4 is 11.1 Å². The first kappa shape index (κ1) is 15.6. The standard InChI is InChI=1S/C10H12FIN2O.ClH/c1-6(5-13)14-10(15)8-3-2-7(11)4-9(8)12;/h2-4,6H,5,13H2,1H3,(H,14,15);1H/t6-;/m0./s1. The zero-order chi connectivity index (χ0) is 11.4. The molecule has 0 fully saturated rings. The van der Waals surface area contributed by atoms with Crippen LogP contribution in [-0.2, 0) is 0 Å². The van der Waals surface area contributed by atoms with Crippen molar-refractivity contribution in [2.75, 3.05) is 6.54 Å². The summed E-state index contributed by atoms with van der Waals surface area (Å²) in [6.07, 6.45) is 0. The van der Waals surface area contributed by atoms with Crippen molar-refractivity contribution in [2.45, 2.75) is 13.0 Å². The van der Waals surface area contributed by atoms with Crippen molar-refractivity contribution in [3.05, 3.63) is 33.1 Å². The molecule has 0 radical (unpaired) electrons. The molecule has 1 aromatic carbocycles. The van der Waals surface area contributed by atoms with E-state index in [1.807, 2.05) is 29.5 Å². The molecule has 0 aromatic heterocycles. The van der Waals surface area contributed by atoms with Crippen molar-refractivity contribution in [1.29, 1.82) is 0 Å². The number of nitrogens with one attached hydrogen (secondary N) is 1. The van der Waals surface area contributed by atoms with E-state index in [2.05, 4.69) is 5.32 Å². The van der Waals surface area contributed by atoms with E-state index in [0.29, 0.717) is 15.7 Å². The maximum atomic E-state index is 12.8. The Hall–Kier alpha value is -0.400. The number of halogens is 3. The Labute approximate surface area is 114 Å². The third-order valence-electron chi connectivity index (χ3n) is 1.91. The van der Waals surface area contributed by atoms with Crippen LogP contribution in [0.4, 0.5) is 4.39 Å². The van der Waals surface area contributed by atoms with Crippen molar-refractivity contribution < 1.29 is 9.18 Å².